The van der Waals surface area contributed by atoms with Crippen LogP contribution in [0.4, 0.5) is 15.8 Å². The molecule has 8 heteroatoms. The molecule has 0 unspecified atom stereocenters. The van der Waals surface area contributed by atoms with Crippen LogP contribution in [0, 0.1) is 22.9 Å². The first-order valence-corrected chi connectivity index (χ1v) is 7.56. The van der Waals surface area contributed by atoms with Crippen LogP contribution in [-0.4, -0.2) is 15.9 Å². The Balaban J connectivity index is 1.95. The molecule has 2 aromatic rings. The number of nitrogens with one attached hydrogen (secondary N) is 2. The van der Waals surface area contributed by atoms with E-state index in [9.17, 15) is 19.3 Å². The topological polar surface area (TPSA) is 84.3 Å². The highest BCUT2D eigenvalue weighted by molar-refractivity contribution is 7.80. The molecule has 2 N–H and O–H groups in total. The number of aryl methyl sites for hydroxylation is 1. The number of anilines is 1. The maximum absolute atomic E-state index is 12.8. The van der Waals surface area contributed by atoms with E-state index in [2.05, 4.69) is 10.6 Å². The molecule has 0 bridgehead atoms. The Labute approximate surface area is 148 Å². The predicted molar refractivity (Wildman–Crippen MR) is 97.6 cm³/mol. The number of hydrogen-bond acceptors (Lipinski definition) is 4. The van der Waals surface area contributed by atoms with Crippen molar-refractivity contribution in [1.82, 2.24) is 5.32 Å². The highest BCUT2D eigenvalue weighted by Crippen LogP contribution is 2.22. The molecular weight excluding hydrogens is 345 g/mol. The number of carbonyl (C=O) groups excluding carboxylic acids is 1. The van der Waals surface area contributed by atoms with Gasteiger partial charge in [0.05, 0.1) is 4.92 Å². The summed E-state index contributed by atoms with van der Waals surface area (Å²) in [5.41, 5.74) is 1.53. The zero-order valence-electron chi connectivity index (χ0n) is 13.2. The lowest BCUT2D eigenvalue weighted by molar-refractivity contribution is -0.385. The van der Waals surface area contributed by atoms with Gasteiger partial charge in [-0.1, -0.05) is 18.2 Å². The van der Waals surface area contributed by atoms with E-state index in [0.717, 1.165) is 0 Å². The summed E-state index contributed by atoms with van der Waals surface area (Å²) in [5.74, 6) is -0.845. The number of nitrogens with zero attached hydrogens (tertiary/aromatic N) is 1. The van der Waals surface area contributed by atoms with Gasteiger partial charge in [-0.2, -0.15) is 0 Å². The third-order valence-electron chi connectivity index (χ3n) is 3.20. The minimum absolute atomic E-state index is 0.00640. The third kappa shape index (κ3) is 5.47. The summed E-state index contributed by atoms with van der Waals surface area (Å²) >= 11 is 5.01. The van der Waals surface area contributed by atoms with E-state index in [0.29, 0.717) is 16.8 Å². The molecule has 0 saturated carbocycles. The first-order chi connectivity index (χ1) is 11.8. The summed E-state index contributed by atoms with van der Waals surface area (Å²) in [6.45, 7) is 1.63. The number of benzene rings is 2. The molecule has 0 radical (unpaired) electrons. The van der Waals surface area contributed by atoms with Gasteiger partial charge < -0.3 is 5.32 Å². The van der Waals surface area contributed by atoms with Gasteiger partial charge in [-0.15, -0.1) is 0 Å². The number of thiocarbonyl (C=S) groups is 1. The molecule has 0 fully saturated rings. The van der Waals surface area contributed by atoms with Crippen LogP contribution in [0.2, 0.25) is 0 Å². The summed E-state index contributed by atoms with van der Waals surface area (Å²) in [7, 11) is 0. The highest BCUT2D eigenvalue weighted by atomic mass is 32.1. The number of nitro groups is 1. The maximum atomic E-state index is 12.8. The molecule has 1 amide bonds. The van der Waals surface area contributed by atoms with Gasteiger partial charge in [0.1, 0.15) is 5.82 Å². The van der Waals surface area contributed by atoms with Gasteiger partial charge in [-0.3, -0.25) is 20.2 Å². The van der Waals surface area contributed by atoms with E-state index in [1.54, 1.807) is 19.1 Å². The van der Waals surface area contributed by atoms with Crippen LogP contribution in [-0.2, 0) is 4.79 Å². The number of halogens is 1. The van der Waals surface area contributed by atoms with Crippen molar-refractivity contribution < 1.29 is 14.1 Å². The Hall–Kier alpha value is -3.13. The van der Waals surface area contributed by atoms with Gasteiger partial charge in [0.2, 0.25) is 5.91 Å². The minimum atomic E-state index is -0.492. The van der Waals surface area contributed by atoms with Crippen molar-refractivity contribution in [2.24, 2.45) is 0 Å². The third-order valence-corrected chi connectivity index (χ3v) is 3.40. The van der Waals surface area contributed by atoms with Gasteiger partial charge in [0, 0.05) is 23.4 Å². The number of rotatable bonds is 4. The monoisotopic (exact) mass is 359 g/mol. The molecule has 25 heavy (non-hydrogen) atoms. The van der Waals surface area contributed by atoms with E-state index >= 15 is 0 Å². The van der Waals surface area contributed by atoms with Crippen molar-refractivity contribution in [1.29, 1.82) is 0 Å². The number of amides is 1. The van der Waals surface area contributed by atoms with E-state index in [1.165, 1.54) is 42.5 Å². The molecule has 0 aliphatic rings. The van der Waals surface area contributed by atoms with Gasteiger partial charge in [-0.05, 0) is 49.0 Å². The van der Waals surface area contributed by atoms with Crippen molar-refractivity contribution in [3.8, 4) is 0 Å². The smallest absolute Gasteiger partial charge is 0.274 e. The quantitative estimate of drug-likeness (QED) is 0.377. The number of carbonyl (C=O) groups is 1. The summed E-state index contributed by atoms with van der Waals surface area (Å²) < 4.78 is 12.8. The van der Waals surface area contributed by atoms with Gasteiger partial charge in [0.15, 0.2) is 5.11 Å². The SMILES string of the molecule is Cc1ccc(NC(=S)NC(=O)/C=C/c2ccc(F)cc2)cc1[N+](=O)[O-]. The van der Waals surface area contributed by atoms with Gasteiger partial charge in [-0.25, -0.2) is 4.39 Å². The standard InChI is InChI=1S/C17H14FN3O3S/c1-11-2-8-14(10-15(11)21(23)24)19-17(25)20-16(22)9-5-12-3-6-13(18)7-4-12/h2-10H,1H3,(H2,19,20,22,25)/b9-5+. The van der Waals surface area contributed by atoms with E-state index in [4.69, 9.17) is 12.2 Å². The van der Waals surface area contributed by atoms with Crippen molar-refractivity contribution in [2.45, 2.75) is 6.92 Å². The zero-order chi connectivity index (χ0) is 18.4. The summed E-state index contributed by atoms with van der Waals surface area (Å²) in [5, 5.41) is 16.1. The maximum Gasteiger partial charge on any atom is 0.274 e. The van der Waals surface area contributed by atoms with Crippen LogP contribution in [0.1, 0.15) is 11.1 Å². The number of nitro benzene ring substituents is 1. The van der Waals surface area contributed by atoms with Crippen molar-refractivity contribution in [3.05, 3.63) is 75.6 Å². The highest BCUT2D eigenvalue weighted by Gasteiger charge is 2.11. The van der Waals surface area contributed by atoms with Crippen LogP contribution >= 0.6 is 12.2 Å². The van der Waals surface area contributed by atoms with Gasteiger partial charge in [0.25, 0.3) is 5.69 Å². The molecule has 6 nitrogen and oxygen atoms in total. The average Bonchev–Trinajstić information content (AvgIpc) is 2.55. The molecule has 0 atom stereocenters. The second kappa shape index (κ2) is 8.11. The Morgan fingerprint density at radius 2 is 1.92 bits per heavy atom. The van der Waals surface area contributed by atoms with Crippen LogP contribution in [0.5, 0.6) is 0 Å². The fourth-order valence-corrected chi connectivity index (χ4v) is 2.16. The Bertz CT molecular complexity index is 851. The zero-order valence-corrected chi connectivity index (χ0v) is 14.0. The molecule has 0 spiro atoms. The Kier molecular flexibility index (Phi) is 5.91. The van der Waals surface area contributed by atoms with E-state index in [1.807, 2.05) is 0 Å². The molecule has 2 aromatic carbocycles. The van der Waals surface area contributed by atoms with Crippen LogP contribution < -0.4 is 10.6 Å². The summed E-state index contributed by atoms with van der Waals surface area (Å²) in [6, 6.07) is 10.2. The molecule has 0 aliphatic carbocycles. The van der Waals surface area contributed by atoms with Crippen LogP contribution in [0.25, 0.3) is 6.08 Å². The first kappa shape index (κ1) is 18.2. The van der Waals surface area contributed by atoms with Crippen molar-refractivity contribution in [2.75, 3.05) is 5.32 Å². The van der Waals surface area contributed by atoms with Crippen LogP contribution in [0.3, 0.4) is 0 Å². The predicted octanol–water partition coefficient (Wildman–Crippen LogP) is 3.57. The lowest BCUT2D eigenvalue weighted by atomic mass is 10.2. The second-order valence-electron chi connectivity index (χ2n) is 5.09. The largest absolute Gasteiger partial charge is 0.332 e. The summed E-state index contributed by atoms with van der Waals surface area (Å²) in [4.78, 5) is 22.2. The molecule has 2 rings (SSSR count). The Morgan fingerprint density at radius 1 is 1.24 bits per heavy atom. The van der Waals surface area contributed by atoms with E-state index in [-0.39, 0.29) is 16.6 Å². The van der Waals surface area contributed by atoms with E-state index < -0.39 is 10.8 Å². The lowest BCUT2D eigenvalue weighted by Crippen LogP contribution is -2.32. The first-order valence-electron chi connectivity index (χ1n) is 7.16. The fraction of sp³-hybridized carbons (Fsp3) is 0.0588. The average molecular weight is 359 g/mol. The van der Waals surface area contributed by atoms with Crippen molar-refractivity contribution in [3.63, 3.8) is 0 Å². The molecule has 0 heterocycles. The number of hydrogen-bond donors (Lipinski definition) is 2. The molecule has 0 saturated heterocycles. The fourth-order valence-electron chi connectivity index (χ4n) is 1.95. The second-order valence-corrected chi connectivity index (χ2v) is 5.49. The van der Waals surface area contributed by atoms with Gasteiger partial charge >= 0.3 is 0 Å². The summed E-state index contributed by atoms with van der Waals surface area (Å²) in [6.07, 6.45) is 2.76. The minimum Gasteiger partial charge on any atom is -0.332 e. The molecule has 0 aromatic heterocycles. The Morgan fingerprint density at radius 3 is 2.56 bits per heavy atom. The molecule has 0 aliphatic heterocycles. The lowest BCUT2D eigenvalue weighted by Gasteiger charge is -2.08. The molecular formula is C17H14FN3O3S. The molecule has 128 valence electrons. The normalized spacial score (nSPS) is 10.5. The van der Waals surface area contributed by atoms with Crippen LogP contribution in [0.15, 0.2) is 48.5 Å². The van der Waals surface area contributed by atoms with Crippen molar-refractivity contribution >= 4 is 40.7 Å².